The average molecular weight is 325 g/mol. The molecule has 0 saturated carbocycles. The predicted octanol–water partition coefficient (Wildman–Crippen LogP) is 3.17. The number of anilines is 1. The van der Waals surface area contributed by atoms with Gasteiger partial charge in [-0.05, 0) is 43.3 Å². The van der Waals surface area contributed by atoms with Gasteiger partial charge in [0.25, 0.3) is 0 Å². The van der Waals surface area contributed by atoms with Crippen molar-refractivity contribution in [3.63, 3.8) is 0 Å². The first-order valence-corrected chi connectivity index (χ1v) is 8.31. The Labute approximate surface area is 130 Å². The van der Waals surface area contributed by atoms with Crippen molar-refractivity contribution in [2.24, 2.45) is 0 Å². The third-order valence-electron chi connectivity index (χ3n) is 3.19. The van der Waals surface area contributed by atoms with E-state index in [-0.39, 0.29) is 4.90 Å². The second-order valence-corrected chi connectivity index (χ2v) is 6.89. The summed E-state index contributed by atoms with van der Waals surface area (Å²) in [5.74, 6) is 0. The second-order valence-electron chi connectivity index (χ2n) is 4.63. The molecule has 0 aromatic heterocycles. The maximum atomic E-state index is 11.9. The first kappa shape index (κ1) is 15.8. The van der Waals surface area contributed by atoms with Crippen LogP contribution in [0.25, 0.3) is 0 Å². The van der Waals surface area contributed by atoms with Crippen LogP contribution >= 0.6 is 11.6 Å². The van der Waals surface area contributed by atoms with E-state index in [0.717, 1.165) is 11.3 Å². The van der Waals surface area contributed by atoms with Crippen LogP contribution in [0, 0.1) is 6.92 Å². The van der Waals surface area contributed by atoms with Crippen molar-refractivity contribution in [2.75, 3.05) is 12.4 Å². The minimum Gasteiger partial charge on any atom is -0.381 e. The van der Waals surface area contributed by atoms with Gasteiger partial charge in [-0.15, -0.1) is 0 Å². The molecule has 0 amide bonds. The van der Waals surface area contributed by atoms with Crippen molar-refractivity contribution in [1.29, 1.82) is 0 Å². The molecule has 2 N–H and O–H groups in total. The summed E-state index contributed by atoms with van der Waals surface area (Å²) in [6.45, 7) is 2.30. The van der Waals surface area contributed by atoms with Gasteiger partial charge in [-0.3, -0.25) is 0 Å². The Morgan fingerprint density at radius 1 is 1.14 bits per heavy atom. The number of nitrogens with one attached hydrogen (secondary N) is 2. The maximum Gasteiger partial charge on any atom is 0.240 e. The van der Waals surface area contributed by atoms with Gasteiger partial charge < -0.3 is 5.32 Å². The summed E-state index contributed by atoms with van der Waals surface area (Å²) in [7, 11) is -2.06. The van der Waals surface area contributed by atoms with Crippen LogP contribution in [0.3, 0.4) is 0 Å². The molecular formula is C15H17ClN2O2S. The summed E-state index contributed by atoms with van der Waals surface area (Å²) in [6.07, 6.45) is 0. The Hall–Kier alpha value is -1.56. The van der Waals surface area contributed by atoms with E-state index < -0.39 is 10.0 Å². The summed E-state index contributed by atoms with van der Waals surface area (Å²) >= 11 is 6.10. The minimum absolute atomic E-state index is 0.272. The molecule has 0 aliphatic rings. The first-order valence-electron chi connectivity index (χ1n) is 6.45. The molecule has 0 atom stereocenters. The van der Waals surface area contributed by atoms with Crippen LogP contribution in [0.4, 0.5) is 5.69 Å². The van der Waals surface area contributed by atoms with Gasteiger partial charge in [0.05, 0.1) is 4.90 Å². The number of hydrogen-bond acceptors (Lipinski definition) is 3. The van der Waals surface area contributed by atoms with E-state index in [2.05, 4.69) is 10.0 Å². The van der Waals surface area contributed by atoms with Gasteiger partial charge in [0.15, 0.2) is 0 Å². The Balaban J connectivity index is 2.23. The normalized spacial score (nSPS) is 11.4. The van der Waals surface area contributed by atoms with E-state index in [1.807, 2.05) is 30.3 Å². The number of benzene rings is 2. The van der Waals surface area contributed by atoms with Crippen LogP contribution < -0.4 is 10.0 Å². The SMILES string of the molecule is CNS(=O)(=O)c1cc(NCc2ccccc2Cl)ccc1C. The van der Waals surface area contributed by atoms with E-state index in [1.54, 1.807) is 19.1 Å². The Bertz CT molecular complexity index is 745. The largest absolute Gasteiger partial charge is 0.381 e. The summed E-state index contributed by atoms with van der Waals surface area (Å²) in [6, 6.07) is 12.8. The number of rotatable bonds is 5. The molecule has 0 aliphatic carbocycles. The monoisotopic (exact) mass is 324 g/mol. The highest BCUT2D eigenvalue weighted by Gasteiger charge is 2.15. The highest BCUT2D eigenvalue weighted by atomic mass is 35.5. The van der Waals surface area contributed by atoms with E-state index in [1.165, 1.54) is 7.05 Å². The van der Waals surface area contributed by atoms with Crippen molar-refractivity contribution >= 4 is 27.3 Å². The molecular weight excluding hydrogens is 308 g/mol. The number of aryl methyl sites for hydroxylation is 1. The van der Waals surface area contributed by atoms with Crippen molar-refractivity contribution < 1.29 is 8.42 Å². The zero-order valence-electron chi connectivity index (χ0n) is 11.9. The lowest BCUT2D eigenvalue weighted by molar-refractivity contribution is 0.587. The lowest BCUT2D eigenvalue weighted by Crippen LogP contribution is -2.19. The molecule has 2 aromatic rings. The first-order chi connectivity index (χ1) is 9.94. The Morgan fingerprint density at radius 3 is 2.52 bits per heavy atom. The summed E-state index contributed by atoms with van der Waals surface area (Å²) in [4.78, 5) is 0.272. The summed E-state index contributed by atoms with van der Waals surface area (Å²) < 4.78 is 26.2. The fraction of sp³-hybridized carbons (Fsp3) is 0.200. The smallest absolute Gasteiger partial charge is 0.240 e. The molecule has 0 bridgehead atoms. The topological polar surface area (TPSA) is 58.2 Å². The standard InChI is InChI=1S/C15H17ClN2O2S/c1-11-7-8-13(9-15(11)21(19,20)17-2)18-10-12-5-3-4-6-14(12)16/h3-9,17-18H,10H2,1-2H3. The highest BCUT2D eigenvalue weighted by molar-refractivity contribution is 7.89. The average Bonchev–Trinajstić information content (AvgIpc) is 2.47. The molecule has 0 saturated heterocycles. The van der Waals surface area contributed by atoms with Crippen molar-refractivity contribution in [1.82, 2.24) is 4.72 Å². The second kappa shape index (κ2) is 6.47. The van der Waals surface area contributed by atoms with Crippen molar-refractivity contribution in [2.45, 2.75) is 18.4 Å². The summed E-state index contributed by atoms with van der Waals surface area (Å²) in [5, 5.41) is 3.87. The highest BCUT2D eigenvalue weighted by Crippen LogP contribution is 2.21. The van der Waals surface area contributed by atoms with Crippen molar-refractivity contribution in [3.8, 4) is 0 Å². The zero-order chi connectivity index (χ0) is 15.5. The molecule has 2 rings (SSSR count). The van der Waals surface area contributed by atoms with E-state index in [9.17, 15) is 8.42 Å². The molecule has 6 heteroatoms. The lowest BCUT2D eigenvalue weighted by atomic mass is 10.2. The molecule has 0 spiro atoms. The van der Waals surface area contributed by atoms with Gasteiger partial charge >= 0.3 is 0 Å². The molecule has 0 unspecified atom stereocenters. The lowest BCUT2D eigenvalue weighted by Gasteiger charge is -2.11. The molecule has 2 aromatic carbocycles. The molecule has 112 valence electrons. The predicted molar refractivity (Wildman–Crippen MR) is 86.2 cm³/mol. The molecule has 0 aliphatic heterocycles. The zero-order valence-corrected chi connectivity index (χ0v) is 13.4. The quantitative estimate of drug-likeness (QED) is 0.888. The van der Waals surface area contributed by atoms with Crippen LogP contribution in [0.2, 0.25) is 5.02 Å². The molecule has 21 heavy (non-hydrogen) atoms. The van der Waals surface area contributed by atoms with Crippen LogP contribution in [-0.2, 0) is 16.6 Å². The van der Waals surface area contributed by atoms with E-state index in [0.29, 0.717) is 17.1 Å². The van der Waals surface area contributed by atoms with Gasteiger partial charge in [0, 0.05) is 17.3 Å². The molecule has 0 radical (unpaired) electrons. The van der Waals surface area contributed by atoms with Crippen LogP contribution in [-0.4, -0.2) is 15.5 Å². The van der Waals surface area contributed by atoms with Crippen LogP contribution in [0.5, 0.6) is 0 Å². The van der Waals surface area contributed by atoms with Gasteiger partial charge in [-0.25, -0.2) is 13.1 Å². The number of halogens is 1. The van der Waals surface area contributed by atoms with Crippen LogP contribution in [0.15, 0.2) is 47.4 Å². The van der Waals surface area contributed by atoms with Gasteiger partial charge in [0.1, 0.15) is 0 Å². The molecule has 0 fully saturated rings. The fourth-order valence-electron chi connectivity index (χ4n) is 1.95. The Morgan fingerprint density at radius 2 is 1.86 bits per heavy atom. The fourth-order valence-corrected chi connectivity index (χ4v) is 3.15. The third kappa shape index (κ3) is 3.75. The summed E-state index contributed by atoms with van der Waals surface area (Å²) in [5.41, 5.74) is 2.39. The van der Waals surface area contributed by atoms with E-state index in [4.69, 9.17) is 11.6 Å². The maximum absolute atomic E-state index is 11.9. The Kier molecular flexibility index (Phi) is 4.88. The molecule has 4 nitrogen and oxygen atoms in total. The third-order valence-corrected chi connectivity index (χ3v) is 5.11. The minimum atomic E-state index is -3.46. The number of sulfonamides is 1. The van der Waals surface area contributed by atoms with E-state index >= 15 is 0 Å². The molecule has 0 heterocycles. The number of hydrogen-bond donors (Lipinski definition) is 2. The van der Waals surface area contributed by atoms with Gasteiger partial charge in [0.2, 0.25) is 10.0 Å². The van der Waals surface area contributed by atoms with Gasteiger partial charge in [-0.2, -0.15) is 0 Å². The van der Waals surface area contributed by atoms with Crippen molar-refractivity contribution in [3.05, 3.63) is 58.6 Å². The van der Waals surface area contributed by atoms with Crippen LogP contribution in [0.1, 0.15) is 11.1 Å². The van der Waals surface area contributed by atoms with Gasteiger partial charge in [-0.1, -0.05) is 35.9 Å².